The van der Waals surface area contributed by atoms with E-state index in [0.29, 0.717) is 34.8 Å². The number of hydrogen-bond donors (Lipinski definition) is 1. The molecule has 11 nitrogen and oxygen atoms in total. The molecule has 44 heavy (non-hydrogen) atoms. The van der Waals surface area contributed by atoms with E-state index in [1.54, 1.807) is 36.4 Å². The first-order chi connectivity index (χ1) is 20.8. The molecule has 0 unspecified atom stereocenters. The summed E-state index contributed by atoms with van der Waals surface area (Å²) in [5, 5.41) is 18.7. The Morgan fingerprint density at radius 1 is 0.932 bits per heavy atom. The zero-order valence-corrected chi connectivity index (χ0v) is 27.7. The molecule has 2 atom stereocenters. The van der Waals surface area contributed by atoms with Crippen LogP contribution in [0.1, 0.15) is 18.6 Å². The molecule has 0 amide bonds. The summed E-state index contributed by atoms with van der Waals surface area (Å²) in [5.74, 6) is 0.744. The highest BCUT2D eigenvalue weighted by Crippen LogP contribution is 2.40. The van der Waals surface area contributed by atoms with Crippen LogP contribution in [0, 0.1) is 5.82 Å². The Hall–Kier alpha value is -4.01. The van der Waals surface area contributed by atoms with Crippen LogP contribution >= 0.6 is 0 Å². The van der Waals surface area contributed by atoms with Crippen LogP contribution < -0.4 is 18.5 Å². The Morgan fingerprint density at radius 3 is 2.11 bits per heavy atom. The lowest BCUT2D eigenvalue weighted by molar-refractivity contribution is 0.175. The molecule has 0 aliphatic heterocycles. The third-order valence-electron chi connectivity index (χ3n) is 7.15. The molecule has 2 aromatic carbocycles. The zero-order valence-electron chi connectivity index (χ0n) is 25.9. The molecule has 2 heterocycles. The van der Waals surface area contributed by atoms with Crippen molar-refractivity contribution < 1.29 is 32.1 Å². The molecule has 0 saturated heterocycles. The molecule has 1 N–H and O–H groups in total. The molecule has 4 rings (SSSR count). The predicted molar refractivity (Wildman–Crippen MR) is 169 cm³/mol. The van der Waals surface area contributed by atoms with Gasteiger partial charge < -0.3 is 19.3 Å². The van der Waals surface area contributed by atoms with Gasteiger partial charge in [0.25, 0.3) is 0 Å². The van der Waals surface area contributed by atoms with Gasteiger partial charge in [-0.3, -0.25) is 4.57 Å². The predicted octanol–water partition coefficient (Wildman–Crippen LogP) is 5.09. The zero-order chi connectivity index (χ0) is 32.2. The molecule has 14 heteroatoms. The van der Waals surface area contributed by atoms with Gasteiger partial charge in [-0.15, -0.1) is 10.2 Å². The second kappa shape index (κ2) is 13.3. The van der Waals surface area contributed by atoms with E-state index in [1.807, 2.05) is 0 Å². The van der Waals surface area contributed by atoms with E-state index >= 15 is 0 Å². The van der Waals surface area contributed by atoms with Crippen LogP contribution in [0.5, 0.6) is 17.4 Å². The number of aromatic nitrogens is 4. The molecule has 0 spiro atoms. The Kier molecular flexibility index (Phi) is 9.96. The molecular formula is C30H38FN5O6SSi. The van der Waals surface area contributed by atoms with Gasteiger partial charge in [0.15, 0.2) is 5.82 Å². The molecule has 0 saturated carbocycles. The summed E-state index contributed by atoms with van der Waals surface area (Å²) in [6.45, 7) is 7.88. The number of aliphatic hydroxyl groups is 1. The fraction of sp³-hybridized carbons (Fsp3) is 0.367. The van der Waals surface area contributed by atoms with Gasteiger partial charge in [-0.1, -0.05) is 43.9 Å². The Morgan fingerprint density at radius 2 is 1.55 bits per heavy atom. The quantitative estimate of drug-likeness (QED) is 0.198. The van der Waals surface area contributed by atoms with Crippen molar-refractivity contribution in [2.75, 3.05) is 32.2 Å². The van der Waals surface area contributed by atoms with Gasteiger partial charge in [0.05, 0.1) is 27.4 Å². The summed E-state index contributed by atoms with van der Waals surface area (Å²) < 4.78 is 62.1. The highest BCUT2D eigenvalue weighted by molar-refractivity contribution is 7.93. The van der Waals surface area contributed by atoms with Crippen LogP contribution in [0.4, 0.5) is 10.3 Å². The van der Waals surface area contributed by atoms with Crippen molar-refractivity contribution in [3.05, 3.63) is 72.0 Å². The van der Waals surface area contributed by atoms with Gasteiger partial charge in [-0.2, -0.15) is 0 Å². The highest BCUT2D eigenvalue weighted by Gasteiger charge is 2.39. The first kappa shape index (κ1) is 32.9. The van der Waals surface area contributed by atoms with Crippen LogP contribution in [0.15, 0.2) is 60.7 Å². The number of anilines is 1. The number of para-hydroxylation sites is 1. The summed E-state index contributed by atoms with van der Waals surface area (Å²) in [7, 11) is -1.66. The summed E-state index contributed by atoms with van der Waals surface area (Å²) in [6.07, 6.45) is -1.45. The lowest BCUT2D eigenvalue weighted by Gasteiger charge is -2.31. The third kappa shape index (κ3) is 6.87. The van der Waals surface area contributed by atoms with Gasteiger partial charge in [0.1, 0.15) is 33.9 Å². The van der Waals surface area contributed by atoms with Gasteiger partial charge in [-0.25, -0.2) is 22.1 Å². The number of hydrogen-bond acceptors (Lipinski definition) is 9. The maximum atomic E-state index is 14.5. The fourth-order valence-corrected chi connectivity index (χ4v) is 7.22. The molecule has 4 aromatic rings. The van der Waals surface area contributed by atoms with Crippen molar-refractivity contribution in [1.29, 1.82) is 0 Å². The average Bonchev–Trinajstić information content (AvgIpc) is 3.43. The van der Waals surface area contributed by atoms with Crippen molar-refractivity contribution >= 4 is 24.0 Å². The number of ether oxygens (including phenoxy) is 3. The summed E-state index contributed by atoms with van der Waals surface area (Å²) in [5.41, 5.74) is 0.983. The molecular weight excluding hydrogens is 606 g/mol. The summed E-state index contributed by atoms with van der Waals surface area (Å²) in [6, 6.07) is 16.0. The maximum absolute atomic E-state index is 14.5. The number of sulfonamides is 1. The second-order valence-electron chi connectivity index (χ2n) is 11.4. The first-order valence-corrected chi connectivity index (χ1v) is 19.2. The summed E-state index contributed by atoms with van der Waals surface area (Å²) >= 11 is 0. The number of benzene rings is 2. The Bertz CT molecular complexity index is 1670. The summed E-state index contributed by atoms with van der Waals surface area (Å²) in [4.78, 5) is 4.53. The number of halogens is 1. The van der Waals surface area contributed by atoms with Crippen molar-refractivity contribution in [1.82, 2.24) is 19.7 Å². The van der Waals surface area contributed by atoms with E-state index in [-0.39, 0.29) is 23.9 Å². The lowest BCUT2D eigenvalue weighted by Crippen LogP contribution is -2.44. The maximum Gasteiger partial charge on any atom is 0.246 e. The van der Waals surface area contributed by atoms with Crippen LogP contribution in [-0.2, 0) is 10.0 Å². The molecule has 2 aromatic heterocycles. The molecule has 0 aliphatic rings. The van der Waals surface area contributed by atoms with Crippen LogP contribution in [0.25, 0.3) is 17.2 Å². The minimum Gasteiger partial charge on any atom is -0.494 e. The molecule has 236 valence electrons. The van der Waals surface area contributed by atoms with Gasteiger partial charge >= 0.3 is 0 Å². The van der Waals surface area contributed by atoms with Crippen molar-refractivity contribution in [3.8, 4) is 34.6 Å². The Labute approximate surface area is 258 Å². The number of rotatable bonds is 13. The number of nitrogens with zero attached hydrogens (tertiary/aromatic N) is 5. The van der Waals surface area contributed by atoms with Crippen molar-refractivity contribution in [2.45, 2.75) is 44.0 Å². The monoisotopic (exact) mass is 643 g/mol. The number of aliphatic hydroxyl groups excluding tert-OH is 1. The minimum absolute atomic E-state index is 0.0381. The van der Waals surface area contributed by atoms with Gasteiger partial charge in [-0.05, 0) is 48.9 Å². The van der Waals surface area contributed by atoms with Crippen LogP contribution in [0.2, 0.25) is 25.7 Å². The van der Waals surface area contributed by atoms with E-state index in [9.17, 15) is 17.9 Å². The standard InChI is InChI=1S/C30H38FN5O6SSi/c1-20(28(37)21-14-16-22(31)17-15-21)43(38,39)35(18-19-44(5,6)7)30-34-33-29(23-10-8-13-26(32-23)42-4)36(30)27-24(40-2)11-9-12-25(27)41-3/h8-17,20,28,37H,18-19H2,1-7H3/t20-,28-/m0/s1. The largest absolute Gasteiger partial charge is 0.494 e. The molecule has 0 aliphatic carbocycles. The van der Waals surface area contributed by atoms with Gasteiger partial charge in [0, 0.05) is 20.7 Å². The van der Waals surface area contributed by atoms with E-state index in [1.165, 1.54) is 61.4 Å². The third-order valence-corrected chi connectivity index (χ3v) is 11.0. The number of pyridine rings is 1. The van der Waals surface area contributed by atoms with Crippen molar-refractivity contribution in [2.24, 2.45) is 0 Å². The van der Waals surface area contributed by atoms with E-state index in [0.717, 1.165) is 0 Å². The topological polar surface area (TPSA) is 129 Å². The van der Waals surface area contributed by atoms with Crippen LogP contribution in [0.3, 0.4) is 0 Å². The van der Waals surface area contributed by atoms with Crippen molar-refractivity contribution in [3.63, 3.8) is 0 Å². The van der Waals surface area contributed by atoms with E-state index < -0.39 is 35.3 Å². The van der Waals surface area contributed by atoms with E-state index in [4.69, 9.17) is 14.2 Å². The number of methoxy groups -OCH3 is 3. The first-order valence-electron chi connectivity index (χ1n) is 14.0. The lowest BCUT2D eigenvalue weighted by atomic mass is 10.1. The van der Waals surface area contributed by atoms with Crippen LogP contribution in [-0.4, -0.2) is 74.5 Å². The molecule has 0 radical (unpaired) electrons. The average molecular weight is 644 g/mol. The highest BCUT2D eigenvalue weighted by atomic mass is 32.2. The minimum atomic E-state index is -4.32. The molecule has 0 bridgehead atoms. The second-order valence-corrected chi connectivity index (χ2v) is 19.2. The van der Waals surface area contributed by atoms with E-state index in [2.05, 4.69) is 34.8 Å². The Balaban J connectivity index is 1.99. The van der Waals surface area contributed by atoms with Gasteiger partial charge in [0.2, 0.25) is 21.9 Å². The normalized spacial score (nSPS) is 13.3. The SMILES string of the molecule is COc1cccc(-c2nnc(N(CC[Si](C)(C)C)S(=O)(=O)[C@@H](C)[C@H](O)c3ccc(F)cc3)n2-c2c(OC)cccc2OC)n1. The fourth-order valence-electron chi connectivity index (χ4n) is 4.59. The molecule has 0 fully saturated rings. The smallest absolute Gasteiger partial charge is 0.246 e.